The predicted octanol–water partition coefficient (Wildman–Crippen LogP) is -1.56. The molecule has 13 heavy (non-hydrogen) atoms. The van der Waals surface area contributed by atoms with Gasteiger partial charge in [-0.3, -0.25) is 4.79 Å². The highest BCUT2D eigenvalue weighted by atomic mass is 16.3. The summed E-state index contributed by atoms with van der Waals surface area (Å²) in [5, 5.41) is 19.9. The van der Waals surface area contributed by atoms with E-state index in [0.29, 0.717) is 0 Å². The lowest BCUT2D eigenvalue weighted by molar-refractivity contribution is -0.125. The van der Waals surface area contributed by atoms with Crippen molar-refractivity contribution in [3.05, 3.63) is 0 Å². The number of hydrogen-bond acceptors (Lipinski definition) is 4. The van der Waals surface area contributed by atoms with E-state index in [1.54, 1.807) is 13.8 Å². The predicted molar refractivity (Wildman–Crippen MR) is 48.9 cm³/mol. The first-order valence-electron chi connectivity index (χ1n) is 4.31. The first kappa shape index (κ1) is 12.3. The highest BCUT2D eigenvalue weighted by Crippen LogP contribution is 1.98. The van der Waals surface area contributed by atoms with Crippen LogP contribution in [0.5, 0.6) is 0 Å². The van der Waals surface area contributed by atoms with Crippen LogP contribution >= 0.6 is 0 Å². The molecule has 5 heteroatoms. The molecule has 0 heterocycles. The molecule has 0 aliphatic rings. The molecule has 0 saturated carbocycles. The van der Waals surface area contributed by atoms with Crippen molar-refractivity contribution in [1.82, 2.24) is 5.32 Å². The van der Waals surface area contributed by atoms with Crippen LogP contribution in [0, 0.1) is 5.92 Å². The van der Waals surface area contributed by atoms with E-state index in [-0.39, 0.29) is 31.0 Å². The Labute approximate surface area is 77.9 Å². The number of hydrogen-bond donors (Lipinski definition) is 4. The van der Waals surface area contributed by atoms with E-state index in [1.165, 1.54) is 0 Å². The number of carbonyl (C=O) groups is 1. The molecule has 0 aliphatic heterocycles. The standard InChI is InChI=1S/C8H18N2O3/c1-5(6(2)9)8(13)10-3-7(12)4-11/h5-7,11-12H,3-4,9H2,1-2H3,(H,10,13). The second kappa shape index (κ2) is 5.90. The summed E-state index contributed by atoms with van der Waals surface area (Å²) < 4.78 is 0. The van der Waals surface area contributed by atoms with Crippen LogP contribution in [0.25, 0.3) is 0 Å². The normalized spacial score (nSPS) is 17.6. The molecule has 0 saturated heterocycles. The molecule has 1 amide bonds. The molecular formula is C8H18N2O3. The van der Waals surface area contributed by atoms with E-state index in [1.807, 2.05) is 0 Å². The molecule has 0 spiro atoms. The zero-order chi connectivity index (χ0) is 10.4. The van der Waals surface area contributed by atoms with E-state index >= 15 is 0 Å². The van der Waals surface area contributed by atoms with Gasteiger partial charge < -0.3 is 21.3 Å². The third kappa shape index (κ3) is 4.82. The van der Waals surface area contributed by atoms with Gasteiger partial charge in [-0.15, -0.1) is 0 Å². The number of rotatable bonds is 5. The van der Waals surface area contributed by atoms with Gasteiger partial charge in [-0.25, -0.2) is 0 Å². The van der Waals surface area contributed by atoms with E-state index in [2.05, 4.69) is 5.32 Å². The van der Waals surface area contributed by atoms with Gasteiger partial charge in [-0.1, -0.05) is 6.92 Å². The minimum atomic E-state index is -0.899. The lowest BCUT2D eigenvalue weighted by atomic mass is 10.0. The summed E-state index contributed by atoms with van der Waals surface area (Å²) in [5.74, 6) is -0.492. The zero-order valence-electron chi connectivity index (χ0n) is 8.03. The summed E-state index contributed by atoms with van der Waals surface area (Å²) in [5.41, 5.74) is 5.50. The molecule has 0 aliphatic carbocycles. The summed E-state index contributed by atoms with van der Waals surface area (Å²) in [4.78, 5) is 11.2. The van der Waals surface area contributed by atoms with Gasteiger partial charge in [0.1, 0.15) is 0 Å². The van der Waals surface area contributed by atoms with Gasteiger partial charge in [0.2, 0.25) is 5.91 Å². The summed E-state index contributed by atoms with van der Waals surface area (Å²) in [7, 11) is 0. The van der Waals surface area contributed by atoms with Crippen LogP contribution < -0.4 is 11.1 Å². The van der Waals surface area contributed by atoms with Crippen molar-refractivity contribution in [1.29, 1.82) is 0 Å². The Hall–Kier alpha value is -0.650. The Balaban J connectivity index is 3.74. The molecule has 0 aromatic heterocycles. The van der Waals surface area contributed by atoms with Gasteiger partial charge in [0, 0.05) is 18.5 Å². The van der Waals surface area contributed by atoms with Crippen LogP contribution in [0.1, 0.15) is 13.8 Å². The second-order valence-electron chi connectivity index (χ2n) is 3.23. The third-order valence-electron chi connectivity index (χ3n) is 1.92. The minimum absolute atomic E-state index is 0.0619. The van der Waals surface area contributed by atoms with Crippen LogP contribution in [0.2, 0.25) is 0 Å². The SMILES string of the molecule is CC(N)C(C)C(=O)NCC(O)CO. The van der Waals surface area contributed by atoms with Crippen molar-refractivity contribution < 1.29 is 15.0 Å². The number of nitrogens with two attached hydrogens (primary N) is 1. The Morgan fingerprint density at radius 1 is 1.54 bits per heavy atom. The number of aliphatic hydroxyl groups excluding tert-OH is 2. The monoisotopic (exact) mass is 190 g/mol. The largest absolute Gasteiger partial charge is 0.394 e. The van der Waals surface area contributed by atoms with Gasteiger partial charge in [0.15, 0.2) is 0 Å². The molecule has 5 nitrogen and oxygen atoms in total. The molecule has 0 rings (SSSR count). The number of carbonyl (C=O) groups excluding carboxylic acids is 1. The van der Waals surface area contributed by atoms with E-state index < -0.39 is 6.10 Å². The van der Waals surface area contributed by atoms with Crippen molar-refractivity contribution in [2.45, 2.75) is 26.0 Å². The smallest absolute Gasteiger partial charge is 0.224 e. The quantitative estimate of drug-likeness (QED) is 0.421. The van der Waals surface area contributed by atoms with Crippen molar-refractivity contribution in [3.63, 3.8) is 0 Å². The number of aliphatic hydroxyl groups is 2. The maximum absolute atomic E-state index is 11.2. The maximum atomic E-state index is 11.2. The van der Waals surface area contributed by atoms with Gasteiger partial charge in [0.25, 0.3) is 0 Å². The summed E-state index contributed by atoms with van der Waals surface area (Å²) in [6.07, 6.45) is -0.899. The Morgan fingerprint density at radius 2 is 2.08 bits per heavy atom. The fourth-order valence-corrected chi connectivity index (χ4v) is 0.683. The lowest BCUT2D eigenvalue weighted by Gasteiger charge is -2.16. The molecule has 0 aromatic carbocycles. The maximum Gasteiger partial charge on any atom is 0.224 e. The molecule has 3 atom stereocenters. The van der Waals surface area contributed by atoms with E-state index in [0.717, 1.165) is 0 Å². The summed E-state index contributed by atoms with van der Waals surface area (Å²) in [6.45, 7) is 3.16. The third-order valence-corrected chi connectivity index (χ3v) is 1.92. The molecule has 3 unspecified atom stereocenters. The summed E-state index contributed by atoms with van der Waals surface area (Å²) >= 11 is 0. The second-order valence-corrected chi connectivity index (χ2v) is 3.23. The van der Waals surface area contributed by atoms with E-state index in [9.17, 15) is 4.79 Å². The average Bonchev–Trinajstić information content (AvgIpc) is 2.11. The summed E-state index contributed by atoms with van der Waals surface area (Å²) in [6, 6.07) is -0.216. The minimum Gasteiger partial charge on any atom is -0.394 e. The molecule has 0 aromatic rings. The first-order valence-corrected chi connectivity index (χ1v) is 4.31. The van der Waals surface area contributed by atoms with Crippen LogP contribution in [0.15, 0.2) is 0 Å². The van der Waals surface area contributed by atoms with Gasteiger partial charge in [-0.2, -0.15) is 0 Å². The van der Waals surface area contributed by atoms with Crippen molar-refractivity contribution in [2.24, 2.45) is 11.7 Å². The topological polar surface area (TPSA) is 95.6 Å². The fraction of sp³-hybridized carbons (Fsp3) is 0.875. The molecular weight excluding hydrogens is 172 g/mol. The fourth-order valence-electron chi connectivity index (χ4n) is 0.683. The van der Waals surface area contributed by atoms with Crippen LogP contribution in [-0.4, -0.2) is 41.4 Å². The Morgan fingerprint density at radius 3 is 2.46 bits per heavy atom. The lowest BCUT2D eigenvalue weighted by Crippen LogP contribution is -2.42. The Kier molecular flexibility index (Phi) is 5.61. The average molecular weight is 190 g/mol. The zero-order valence-corrected chi connectivity index (χ0v) is 8.03. The molecule has 0 radical (unpaired) electrons. The number of amides is 1. The highest BCUT2D eigenvalue weighted by Gasteiger charge is 2.17. The van der Waals surface area contributed by atoms with Crippen molar-refractivity contribution in [3.8, 4) is 0 Å². The van der Waals surface area contributed by atoms with Gasteiger partial charge in [0.05, 0.1) is 12.7 Å². The number of nitrogens with one attached hydrogen (secondary N) is 1. The van der Waals surface area contributed by atoms with Crippen molar-refractivity contribution in [2.75, 3.05) is 13.2 Å². The highest BCUT2D eigenvalue weighted by molar-refractivity contribution is 5.78. The molecule has 78 valence electrons. The molecule has 0 bridgehead atoms. The van der Waals surface area contributed by atoms with Crippen LogP contribution in [0.3, 0.4) is 0 Å². The molecule has 5 N–H and O–H groups in total. The van der Waals surface area contributed by atoms with Gasteiger partial charge in [-0.05, 0) is 6.92 Å². The molecule has 0 fully saturated rings. The van der Waals surface area contributed by atoms with Gasteiger partial charge >= 0.3 is 0 Å². The van der Waals surface area contributed by atoms with Crippen LogP contribution in [-0.2, 0) is 4.79 Å². The van der Waals surface area contributed by atoms with Crippen molar-refractivity contribution >= 4 is 5.91 Å². The Bertz CT molecular complexity index is 161. The van der Waals surface area contributed by atoms with E-state index in [4.69, 9.17) is 15.9 Å². The first-order chi connectivity index (χ1) is 5.99. The van der Waals surface area contributed by atoms with Crippen LogP contribution in [0.4, 0.5) is 0 Å².